The molecule has 0 unspecified atom stereocenters. The minimum atomic E-state index is -3.72. The van der Waals surface area contributed by atoms with Crippen LogP contribution in [-0.2, 0) is 16.4 Å². The molecule has 3 aromatic carbocycles. The number of benzene rings is 3. The molecule has 1 N–H and O–H groups in total. The Bertz CT molecular complexity index is 1660. The maximum Gasteiger partial charge on any atom is 0.266 e. The third-order valence-electron chi connectivity index (χ3n) is 5.97. The lowest BCUT2D eigenvalue weighted by atomic mass is 10.2. The quantitative estimate of drug-likeness (QED) is 0.287. The molecule has 0 amide bonds. The van der Waals surface area contributed by atoms with Crippen LogP contribution in [0.15, 0.2) is 71.6 Å². The molecule has 0 saturated heterocycles. The van der Waals surface area contributed by atoms with Crippen LogP contribution in [0.2, 0.25) is 0 Å². The van der Waals surface area contributed by atoms with Gasteiger partial charge < -0.3 is 4.74 Å². The lowest BCUT2D eigenvalue weighted by Crippen LogP contribution is -2.14. The van der Waals surface area contributed by atoms with Crippen LogP contribution in [-0.4, -0.2) is 28.0 Å². The number of anilines is 1. The summed E-state index contributed by atoms with van der Waals surface area (Å²) in [5.74, 6) is 1.71. The van der Waals surface area contributed by atoms with Gasteiger partial charge in [0.15, 0.2) is 0 Å². The van der Waals surface area contributed by atoms with E-state index in [-0.39, 0.29) is 4.90 Å². The minimum absolute atomic E-state index is 0.260. The zero-order valence-electron chi connectivity index (χ0n) is 20.4. The highest BCUT2D eigenvalue weighted by atomic mass is 32.2. The molecule has 8 nitrogen and oxygen atoms in total. The predicted octanol–water partition coefficient (Wildman–Crippen LogP) is 5.83. The van der Waals surface area contributed by atoms with Crippen molar-refractivity contribution in [2.24, 2.45) is 0 Å². The van der Waals surface area contributed by atoms with Gasteiger partial charge in [0.25, 0.3) is 15.9 Å². The minimum Gasteiger partial charge on any atom is -0.436 e. The van der Waals surface area contributed by atoms with Crippen molar-refractivity contribution in [1.82, 2.24) is 19.6 Å². The van der Waals surface area contributed by atoms with E-state index in [1.165, 1.54) is 0 Å². The molecule has 0 radical (unpaired) electrons. The van der Waals surface area contributed by atoms with Crippen LogP contribution < -0.4 is 9.46 Å². The topological polar surface area (TPSA) is 98.5 Å². The summed E-state index contributed by atoms with van der Waals surface area (Å²) in [5.41, 5.74) is 4.24. The van der Waals surface area contributed by atoms with Crippen LogP contribution in [0.5, 0.6) is 11.6 Å². The van der Waals surface area contributed by atoms with E-state index in [4.69, 9.17) is 4.74 Å². The van der Waals surface area contributed by atoms with Gasteiger partial charge >= 0.3 is 0 Å². The highest BCUT2D eigenvalue weighted by Gasteiger charge is 2.19. The normalized spacial score (nSPS) is 11.8. The number of ether oxygens (including phenoxy) is 1. The van der Waals surface area contributed by atoms with Gasteiger partial charge in [-0.25, -0.2) is 13.4 Å². The number of hydrogen-bond acceptors (Lipinski definition) is 6. The van der Waals surface area contributed by atoms with Gasteiger partial charge in [0.2, 0.25) is 5.65 Å². The van der Waals surface area contributed by atoms with Crippen molar-refractivity contribution in [3.63, 3.8) is 0 Å². The zero-order valence-corrected chi connectivity index (χ0v) is 21.2. The van der Waals surface area contributed by atoms with E-state index in [0.29, 0.717) is 28.5 Å². The van der Waals surface area contributed by atoms with Gasteiger partial charge in [-0.2, -0.15) is 0 Å². The Morgan fingerprint density at radius 3 is 2.53 bits per heavy atom. The lowest BCUT2D eigenvalue weighted by molar-refractivity contribution is 0.467. The van der Waals surface area contributed by atoms with Crippen molar-refractivity contribution in [3.8, 4) is 11.6 Å². The first-order valence-electron chi connectivity index (χ1n) is 11.9. The molecule has 0 aliphatic rings. The number of nitrogens with one attached hydrogen (secondary N) is 1. The number of fused-ring (bicyclic) bond motifs is 3. The highest BCUT2D eigenvalue weighted by molar-refractivity contribution is 7.92. The Morgan fingerprint density at radius 1 is 0.972 bits per heavy atom. The molecule has 36 heavy (non-hydrogen) atoms. The summed E-state index contributed by atoms with van der Waals surface area (Å²) in [6.07, 6.45) is 2.87. The summed E-state index contributed by atoms with van der Waals surface area (Å²) in [5, 5.41) is 8.76. The largest absolute Gasteiger partial charge is 0.436 e. The fraction of sp³-hybridized carbons (Fsp3) is 0.222. The summed E-state index contributed by atoms with van der Waals surface area (Å²) in [4.78, 5) is 4.94. The Hall–Kier alpha value is -3.98. The Morgan fingerprint density at radius 2 is 1.75 bits per heavy atom. The molecule has 0 spiro atoms. The van der Waals surface area contributed by atoms with Crippen molar-refractivity contribution in [1.29, 1.82) is 0 Å². The third-order valence-corrected chi connectivity index (χ3v) is 7.50. The van der Waals surface area contributed by atoms with E-state index in [0.717, 1.165) is 41.7 Å². The summed E-state index contributed by atoms with van der Waals surface area (Å²) < 4.78 is 36.6. The first-order chi connectivity index (χ1) is 17.4. The highest BCUT2D eigenvalue weighted by Crippen LogP contribution is 2.29. The van der Waals surface area contributed by atoms with Gasteiger partial charge in [-0.05, 0) is 73.9 Å². The van der Waals surface area contributed by atoms with Crippen LogP contribution in [0.3, 0.4) is 0 Å². The molecule has 184 valence electrons. The van der Waals surface area contributed by atoms with Crippen molar-refractivity contribution in [3.05, 3.63) is 83.7 Å². The van der Waals surface area contributed by atoms with Crippen molar-refractivity contribution in [2.45, 2.75) is 44.9 Å². The van der Waals surface area contributed by atoms with Gasteiger partial charge in [0, 0.05) is 12.1 Å². The molecule has 0 saturated carbocycles. The number of para-hydroxylation sites is 2. The van der Waals surface area contributed by atoms with Gasteiger partial charge in [0.05, 0.1) is 15.9 Å². The second kappa shape index (κ2) is 9.58. The molecule has 5 rings (SSSR count). The molecule has 0 atom stereocenters. The average molecular weight is 502 g/mol. The summed E-state index contributed by atoms with van der Waals surface area (Å²) in [6, 6.07) is 19.9. The zero-order chi connectivity index (χ0) is 25.3. The summed E-state index contributed by atoms with van der Waals surface area (Å²) in [6.45, 7) is 5.79. The maximum absolute atomic E-state index is 12.9. The number of aromatic nitrogens is 4. The number of aryl methyl sites for hydroxylation is 3. The Balaban J connectivity index is 1.44. The van der Waals surface area contributed by atoms with E-state index < -0.39 is 10.0 Å². The number of unbranched alkanes of at least 4 members (excludes halogenated alkanes) is 1. The maximum atomic E-state index is 12.9. The Kier molecular flexibility index (Phi) is 6.32. The van der Waals surface area contributed by atoms with E-state index in [9.17, 15) is 8.42 Å². The van der Waals surface area contributed by atoms with E-state index in [1.807, 2.05) is 41.7 Å². The molecule has 0 aliphatic carbocycles. The standard InChI is InChI=1S/C27H27N5O3S/c1-4-5-10-25-29-30-26-27(28-22-8-6-7-9-23(22)32(25)26)35-21-15-13-20(14-16-21)31-36(33,34)24-17-18(2)11-12-19(24)3/h6-9,11-17,31H,4-5,10H2,1-3H3. The van der Waals surface area contributed by atoms with Gasteiger partial charge in [-0.3, -0.25) is 9.12 Å². The molecular formula is C27H27N5O3S. The van der Waals surface area contributed by atoms with Crippen LogP contribution in [0.1, 0.15) is 36.7 Å². The monoisotopic (exact) mass is 501 g/mol. The smallest absolute Gasteiger partial charge is 0.266 e. The second-order valence-corrected chi connectivity index (χ2v) is 10.4. The lowest BCUT2D eigenvalue weighted by Gasteiger charge is -2.12. The molecule has 0 bridgehead atoms. The van der Waals surface area contributed by atoms with Gasteiger partial charge in [0.1, 0.15) is 11.6 Å². The van der Waals surface area contributed by atoms with Gasteiger partial charge in [-0.1, -0.05) is 37.6 Å². The molecule has 2 heterocycles. The molecule has 0 fully saturated rings. The average Bonchev–Trinajstić information content (AvgIpc) is 3.30. The number of nitrogens with zero attached hydrogens (tertiary/aromatic N) is 4. The number of rotatable bonds is 8. The van der Waals surface area contributed by atoms with E-state index in [1.54, 1.807) is 43.3 Å². The van der Waals surface area contributed by atoms with Crippen LogP contribution in [0.4, 0.5) is 5.69 Å². The molecule has 5 aromatic rings. The number of hydrogen-bond donors (Lipinski definition) is 1. The SMILES string of the molecule is CCCCc1nnc2c(Oc3ccc(NS(=O)(=O)c4cc(C)ccc4C)cc3)nc3ccccc3n12. The Labute approximate surface area is 210 Å². The molecule has 0 aliphatic heterocycles. The third kappa shape index (κ3) is 4.61. The summed E-state index contributed by atoms with van der Waals surface area (Å²) in [7, 11) is -3.72. The van der Waals surface area contributed by atoms with E-state index in [2.05, 4.69) is 26.8 Å². The van der Waals surface area contributed by atoms with Crippen LogP contribution in [0, 0.1) is 13.8 Å². The van der Waals surface area contributed by atoms with Crippen molar-refractivity contribution < 1.29 is 13.2 Å². The molecule has 2 aromatic heterocycles. The van der Waals surface area contributed by atoms with E-state index >= 15 is 0 Å². The molecule has 9 heteroatoms. The van der Waals surface area contributed by atoms with Crippen molar-refractivity contribution in [2.75, 3.05) is 4.72 Å². The van der Waals surface area contributed by atoms with Crippen molar-refractivity contribution >= 4 is 32.4 Å². The fourth-order valence-electron chi connectivity index (χ4n) is 4.09. The van der Waals surface area contributed by atoms with Crippen LogP contribution in [0.25, 0.3) is 16.7 Å². The van der Waals surface area contributed by atoms with Crippen LogP contribution >= 0.6 is 0 Å². The predicted molar refractivity (Wildman–Crippen MR) is 140 cm³/mol. The fourth-order valence-corrected chi connectivity index (χ4v) is 5.48. The number of sulfonamides is 1. The summed E-state index contributed by atoms with van der Waals surface area (Å²) >= 11 is 0. The second-order valence-electron chi connectivity index (χ2n) is 8.79. The first-order valence-corrected chi connectivity index (χ1v) is 13.3. The van der Waals surface area contributed by atoms with Gasteiger partial charge in [-0.15, -0.1) is 10.2 Å². The molecular weight excluding hydrogens is 474 g/mol. The first kappa shape index (κ1) is 23.7.